The van der Waals surface area contributed by atoms with Gasteiger partial charge in [0.1, 0.15) is 0 Å². The summed E-state index contributed by atoms with van der Waals surface area (Å²) >= 11 is 0. The maximum Gasteiger partial charge on any atom is 0.315 e. The summed E-state index contributed by atoms with van der Waals surface area (Å²) in [6, 6.07) is 7.33. The molecule has 0 aromatic heterocycles. The zero-order valence-corrected chi connectivity index (χ0v) is 17.7. The average Bonchev–Trinajstić information content (AvgIpc) is 3.44. The fourth-order valence-electron chi connectivity index (χ4n) is 3.77. The number of nitrogens with one attached hydrogen (secondary N) is 2. The summed E-state index contributed by atoms with van der Waals surface area (Å²) in [6.07, 6.45) is 3.81. The molecule has 2 N–H and O–H groups in total. The van der Waals surface area contributed by atoms with Crippen LogP contribution < -0.4 is 10.6 Å². The molecule has 1 atom stereocenters. The van der Waals surface area contributed by atoms with Gasteiger partial charge in [0.05, 0.1) is 4.90 Å². The second-order valence-electron chi connectivity index (χ2n) is 7.68. The van der Waals surface area contributed by atoms with Crippen LogP contribution in [0.2, 0.25) is 0 Å². The third-order valence-electron chi connectivity index (χ3n) is 5.65. The third kappa shape index (κ3) is 5.24. The van der Waals surface area contributed by atoms with Crippen molar-refractivity contribution in [2.24, 2.45) is 5.92 Å². The van der Waals surface area contributed by atoms with E-state index in [-0.39, 0.29) is 10.9 Å². The molecule has 0 bridgehead atoms. The molecule has 1 aliphatic carbocycles. The maximum atomic E-state index is 12.5. The number of carbonyl (C=O) groups excluding carboxylic acids is 1. The quantitative estimate of drug-likeness (QED) is 0.655. The van der Waals surface area contributed by atoms with E-state index in [2.05, 4.69) is 15.5 Å². The Morgan fingerprint density at radius 2 is 1.79 bits per heavy atom. The second-order valence-corrected chi connectivity index (χ2v) is 9.62. The van der Waals surface area contributed by atoms with E-state index in [0.717, 1.165) is 31.1 Å². The molecule has 1 heterocycles. The Bertz CT molecular complexity index is 758. The van der Waals surface area contributed by atoms with Crippen molar-refractivity contribution in [1.29, 1.82) is 0 Å². The Kier molecular flexibility index (Phi) is 6.95. The fraction of sp³-hybridized carbons (Fsp3) is 0.650. The monoisotopic (exact) mass is 408 g/mol. The molecule has 0 radical (unpaired) electrons. The number of hydrogen-bond donors (Lipinski definition) is 2. The summed E-state index contributed by atoms with van der Waals surface area (Å²) in [5.74, 6) is 0.538. The molecule has 1 saturated heterocycles. The molecular weight excluding hydrogens is 376 g/mol. The Morgan fingerprint density at radius 3 is 2.39 bits per heavy atom. The standard InChI is InChI=1S/C20H32N4O3S/c1-3-24(4-2)28(26,27)19-9-5-16(6-10-19)13-21-20(25)22-14-17-11-12-23(15-17)18-7-8-18/h5-6,9-10,17-18H,3-4,7-8,11-15H2,1-2H3,(H2,21,22,25). The van der Waals surface area contributed by atoms with Crippen molar-refractivity contribution in [2.45, 2.75) is 50.6 Å². The van der Waals surface area contributed by atoms with Crippen molar-refractivity contribution < 1.29 is 13.2 Å². The Balaban J connectivity index is 1.42. The fourth-order valence-corrected chi connectivity index (χ4v) is 5.23. The Morgan fingerprint density at radius 1 is 1.11 bits per heavy atom. The lowest BCUT2D eigenvalue weighted by Crippen LogP contribution is -2.38. The number of hydrogen-bond acceptors (Lipinski definition) is 4. The SMILES string of the molecule is CCN(CC)S(=O)(=O)c1ccc(CNC(=O)NCC2CCN(C3CC3)C2)cc1. The minimum absolute atomic E-state index is 0.176. The van der Waals surface area contributed by atoms with Crippen LogP contribution in [-0.4, -0.2) is 62.4 Å². The van der Waals surface area contributed by atoms with E-state index in [9.17, 15) is 13.2 Å². The number of benzene rings is 1. The number of amides is 2. The smallest absolute Gasteiger partial charge is 0.315 e. The lowest BCUT2D eigenvalue weighted by atomic mass is 10.1. The van der Waals surface area contributed by atoms with Crippen molar-refractivity contribution in [1.82, 2.24) is 19.8 Å². The van der Waals surface area contributed by atoms with Gasteiger partial charge in [-0.3, -0.25) is 0 Å². The molecule has 2 fully saturated rings. The van der Waals surface area contributed by atoms with Gasteiger partial charge in [-0.15, -0.1) is 0 Å². The highest BCUT2D eigenvalue weighted by Crippen LogP contribution is 2.31. The van der Waals surface area contributed by atoms with Crippen LogP contribution >= 0.6 is 0 Å². The maximum absolute atomic E-state index is 12.5. The summed E-state index contributed by atoms with van der Waals surface area (Å²) in [5, 5.41) is 5.81. The first-order valence-corrected chi connectivity index (χ1v) is 11.7. The van der Waals surface area contributed by atoms with Crippen LogP contribution in [0.4, 0.5) is 4.79 Å². The predicted molar refractivity (Wildman–Crippen MR) is 109 cm³/mol. The van der Waals surface area contributed by atoms with Crippen LogP contribution in [0.1, 0.15) is 38.7 Å². The number of nitrogens with zero attached hydrogens (tertiary/aromatic N) is 2. The molecule has 8 heteroatoms. The predicted octanol–water partition coefficient (Wildman–Crippen LogP) is 2.00. The van der Waals surface area contributed by atoms with Gasteiger partial charge in [-0.2, -0.15) is 4.31 Å². The van der Waals surface area contributed by atoms with E-state index < -0.39 is 10.0 Å². The Labute approximate surface area is 168 Å². The van der Waals surface area contributed by atoms with Crippen molar-refractivity contribution >= 4 is 16.1 Å². The van der Waals surface area contributed by atoms with Crippen molar-refractivity contribution in [3.05, 3.63) is 29.8 Å². The van der Waals surface area contributed by atoms with E-state index in [1.54, 1.807) is 24.3 Å². The molecule has 3 rings (SSSR count). The van der Waals surface area contributed by atoms with E-state index in [0.29, 0.717) is 32.1 Å². The minimum Gasteiger partial charge on any atom is -0.338 e. The van der Waals surface area contributed by atoms with Gasteiger partial charge in [0.25, 0.3) is 0 Å². The van der Waals surface area contributed by atoms with Gasteiger partial charge in [0.15, 0.2) is 0 Å². The van der Waals surface area contributed by atoms with Gasteiger partial charge in [-0.1, -0.05) is 26.0 Å². The second kappa shape index (κ2) is 9.24. The van der Waals surface area contributed by atoms with E-state index in [4.69, 9.17) is 0 Å². The molecule has 1 saturated carbocycles. The molecule has 1 unspecified atom stereocenters. The summed E-state index contributed by atoms with van der Waals surface area (Å²) in [6.45, 7) is 7.87. The first-order valence-electron chi connectivity index (χ1n) is 10.3. The summed E-state index contributed by atoms with van der Waals surface area (Å²) in [5.41, 5.74) is 0.870. The lowest BCUT2D eigenvalue weighted by molar-refractivity contribution is 0.238. The highest BCUT2D eigenvalue weighted by molar-refractivity contribution is 7.89. The first kappa shape index (κ1) is 21.1. The summed E-state index contributed by atoms with van der Waals surface area (Å²) in [4.78, 5) is 14.9. The first-order chi connectivity index (χ1) is 13.4. The average molecular weight is 409 g/mol. The van der Waals surface area contributed by atoms with E-state index in [1.165, 1.54) is 17.1 Å². The molecule has 2 amide bonds. The van der Waals surface area contributed by atoms with Gasteiger partial charge < -0.3 is 15.5 Å². The number of sulfonamides is 1. The molecule has 1 aromatic rings. The van der Waals surface area contributed by atoms with Gasteiger partial charge in [-0.05, 0) is 49.4 Å². The van der Waals surface area contributed by atoms with E-state index >= 15 is 0 Å². The number of likely N-dealkylation sites (tertiary alicyclic amines) is 1. The van der Waals surface area contributed by atoms with Crippen LogP contribution in [0.5, 0.6) is 0 Å². The molecule has 28 heavy (non-hydrogen) atoms. The molecule has 156 valence electrons. The van der Waals surface area contributed by atoms with Crippen LogP contribution in [-0.2, 0) is 16.6 Å². The molecule has 7 nitrogen and oxygen atoms in total. The zero-order valence-electron chi connectivity index (χ0n) is 16.9. The number of rotatable bonds is 9. The van der Waals surface area contributed by atoms with E-state index in [1.807, 2.05) is 13.8 Å². The minimum atomic E-state index is -3.44. The zero-order chi connectivity index (χ0) is 20.1. The topological polar surface area (TPSA) is 81.8 Å². The van der Waals surface area contributed by atoms with Crippen LogP contribution in [0, 0.1) is 5.92 Å². The Hall–Kier alpha value is -1.64. The summed E-state index contributed by atoms with van der Waals surface area (Å²) in [7, 11) is -3.44. The third-order valence-corrected chi connectivity index (χ3v) is 7.72. The number of carbonyl (C=O) groups is 1. The molecule has 0 spiro atoms. The van der Waals surface area contributed by atoms with Gasteiger partial charge in [0, 0.05) is 38.8 Å². The summed E-state index contributed by atoms with van der Waals surface area (Å²) < 4.78 is 26.4. The van der Waals surface area contributed by atoms with Gasteiger partial charge in [-0.25, -0.2) is 13.2 Å². The van der Waals surface area contributed by atoms with Crippen LogP contribution in [0.15, 0.2) is 29.2 Å². The van der Waals surface area contributed by atoms with Crippen molar-refractivity contribution in [2.75, 3.05) is 32.7 Å². The number of urea groups is 1. The van der Waals surface area contributed by atoms with Crippen molar-refractivity contribution in [3.63, 3.8) is 0 Å². The lowest BCUT2D eigenvalue weighted by Gasteiger charge is -2.18. The highest BCUT2D eigenvalue weighted by Gasteiger charge is 2.34. The highest BCUT2D eigenvalue weighted by atomic mass is 32.2. The van der Waals surface area contributed by atoms with Crippen molar-refractivity contribution in [3.8, 4) is 0 Å². The molecule has 2 aliphatic rings. The van der Waals surface area contributed by atoms with Gasteiger partial charge in [0.2, 0.25) is 10.0 Å². The molecule has 1 aliphatic heterocycles. The normalized spacial score (nSPS) is 20.5. The van der Waals surface area contributed by atoms with Crippen LogP contribution in [0.3, 0.4) is 0 Å². The molecular formula is C20H32N4O3S. The van der Waals surface area contributed by atoms with Crippen LogP contribution in [0.25, 0.3) is 0 Å². The largest absolute Gasteiger partial charge is 0.338 e. The molecule has 1 aromatic carbocycles. The van der Waals surface area contributed by atoms with Gasteiger partial charge >= 0.3 is 6.03 Å².